The first-order valence-electron chi connectivity index (χ1n) is 11.3. The van der Waals surface area contributed by atoms with Crippen LogP contribution in [0.25, 0.3) is 0 Å². The van der Waals surface area contributed by atoms with Gasteiger partial charge in [-0.05, 0) is 68.0 Å². The van der Waals surface area contributed by atoms with Crippen LogP contribution >= 0.6 is 0 Å². The molecule has 0 spiro atoms. The average Bonchev–Trinajstić information content (AvgIpc) is 2.84. The predicted molar refractivity (Wildman–Crippen MR) is 128 cm³/mol. The number of carbonyl (C=O) groups excluding carboxylic acids is 2. The van der Waals surface area contributed by atoms with E-state index in [1.54, 1.807) is 0 Å². The lowest BCUT2D eigenvalue weighted by Crippen LogP contribution is -2.49. The van der Waals surface area contributed by atoms with Crippen LogP contribution in [-0.4, -0.2) is 50.2 Å². The van der Waals surface area contributed by atoms with E-state index in [1.165, 1.54) is 40.2 Å². The fourth-order valence-corrected chi connectivity index (χ4v) is 5.39. The third-order valence-electron chi connectivity index (χ3n) is 5.69. The van der Waals surface area contributed by atoms with Crippen molar-refractivity contribution in [3.8, 4) is 0 Å². The molecule has 176 valence electrons. The van der Waals surface area contributed by atoms with Gasteiger partial charge in [0, 0.05) is 31.2 Å². The molecule has 0 aromatic heterocycles. The Morgan fingerprint density at radius 3 is 2.48 bits per heavy atom. The van der Waals surface area contributed by atoms with Crippen LogP contribution in [0.1, 0.15) is 41.6 Å². The highest BCUT2D eigenvalue weighted by Gasteiger charge is 2.30. The fourth-order valence-electron chi connectivity index (χ4n) is 3.87. The van der Waals surface area contributed by atoms with E-state index >= 15 is 0 Å². The van der Waals surface area contributed by atoms with Gasteiger partial charge in [-0.3, -0.25) is 9.59 Å². The Morgan fingerprint density at radius 2 is 1.79 bits per heavy atom. The van der Waals surface area contributed by atoms with E-state index in [2.05, 4.69) is 29.3 Å². The highest BCUT2D eigenvalue weighted by molar-refractivity contribution is 7.89. The normalized spacial score (nSPS) is 16.7. The molecule has 3 rings (SSSR count). The maximum Gasteiger partial charge on any atom is 0.251 e. The molecule has 2 N–H and O–H groups in total. The Hall–Kier alpha value is -2.97. The van der Waals surface area contributed by atoms with E-state index in [-0.39, 0.29) is 29.3 Å². The quantitative estimate of drug-likeness (QED) is 0.413. The Balaban J connectivity index is 1.50. The number of rotatable bonds is 10. The second kappa shape index (κ2) is 11.8. The van der Waals surface area contributed by atoms with Crippen LogP contribution in [0, 0.1) is 0 Å². The van der Waals surface area contributed by atoms with Gasteiger partial charge in [-0.15, -0.1) is 0 Å². The lowest BCUT2D eigenvalue weighted by atomic mass is 10.1. The zero-order valence-corrected chi connectivity index (χ0v) is 19.5. The number of carbonyl (C=O) groups is 2. The second-order valence-corrected chi connectivity index (χ2v) is 10.1. The van der Waals surface area contributed by atoms with Gasteiger partial charge in [0.25, 0.3) is 5.91 Å². The van der Waals surface area contributed by atoms with Crippen molar-refractivity contribution in [2.75, 3.05) is 19.6 Å². The summed E-state index contributed by atoms with van der Waals surface area (Å²) in [5, 5.41) is 5.66. The van der Waals surface area contributed by atoms with Gasteiger partial charge in [-0.2, -0.15) is 4.31 Å². The van der Waals surface area contributed by atoms with Crippen molar-refractivity contribution in [1.29, 1.82) is 0 Å². The van der Waals surface area contributed by atoms with Gasteiger partial charge in [0.2, 0.25) is 15.9 Å². The van der Waals surface area contributed by atoms with E-state index in [9.17, 15) is 18.0 Å². The molecule has 8 heteroatoms. The third kappa shape index (κ3) is 7.00. The zero-order valence-electron chi connectivity index (χ0n) is 18.7. The fraction of sp³-hybridized carbons (Fsp3) is 0.360. The number of benzene rings is 2. The summed E-state index contributed by atoms with van der Waals surface area (Å²) < 4.78 is 27.4. The van der Waals surface area contributed by atoms with Crippen molar-refractivity contribution < 1.29 is 18.0 Å². The van der Waals surface area contributed by atoms with Gasteiger partial charge in [0.15, 0.2) is 0 Å². The van der Waals surface area contributed by atoms with E-state index in [1.807, 2.05) is 18.2 Å². The summed E-state index contributed by atoms with van der Waals surface area (Å²) in [6.45, 7) is 4.61. The second-order valence-electron chi connectivity index (χ2n) is 8.14. The molecule has 0 aliphatic carbocycles. The topological polar surface area (TPSA) is 95.6 Å². The summed E-state index contributed by atoms with van der Waals surface area (Å²) in [7, 11) is -3.71. The number of sulfonamides is 1. The minimum Gasteiger partial charge on any atom is -0.352 e. The van der Waals surface area contributed by atoms with Crippen molar-refractivity contribution in [1.82, 2.24) is 14.9 Å². The van der Waals surface area contributed by atoms with Crippen LogP contribution in [0.5, 0.6) is 0 Å². The summed E-state index contributed by atoms with van der Waals surface area (Å²) in [4.78, 5) is 24.1. The van der Waals surface area contributed by atoms with Crippen molar-refractivity contribution in [3.63, 3.8) is 0 Å². The molecule has 7 nitrogen and oxygen atoms in total. The first-order valence-corrected chi connectivity index (χ1v) is 12.7. The molecule has 1 saturated heterocycles. The minimum atomic E-state index is -3.71. The molecule has 1 atom stereocenters. The minimum absolute atomic E-state index is 0.137. The molecule has 1 aliphatic heterocycles. The number of piperidine rings is 1. The van der Waals surface area contributed by atoms with E-state index < -0.39 is 10.0 Å². The van der Waals surface area contributed by atoms with Gasteiger partial charge in [0.05, 0.1) is 4.90 Å². The summed E-state index contributed by atoms with van der Waals surface area (Å²) in [5.74, 6) is -0.529. The maximum atomic E-state index is 13.0. The van der Waals surface area contributed by atoms with Crippen molar-refractivity contribution in [2.24, 2.45) is 0 Å². The molecular weight excluding hydrogens is 438 g/mol. The molecule has 1 fully saturated rings. The Kier molecular flexibility index (Phi) is 8.79. The van der Waals surface area contributed by atoms with Crippen molar-refractivity contribution >= 4 is 21.8 Å². The number of hydrogen-bond acceptors (Lipinski definition) is 4. The molecule has 33 heavy (non-hydrogen) atoms. The van der Waals surface area contributed by atoms with Crippen LogP contribution in [0.3, 0.4) is 0 Å². The molecule has 0 bridgehead atoms. The molecule has 1 heterocycles. The Labute approximate surface area is 195 Å². The predicted octanol–water partition coefficient (Wildman–Crippen LogP) is 2.89. The van der Waals surface area contributed by atoms with Gasteiger partial charge in [-0.25, -0.2) is 8.42 Å². The van der Waals surface area contributed by atoms with Crippen LogP contribution in [0.4, 0.5) is 0 Å². The highest BCUT2D eigenvalue weighted by atomic mass is 32.2. The molecule has 2 aromatic rings. The van der Waals surface area contributed by atoms with Crippen LogP contribution in [0.2, 0.25) is 0 Å². The number of hydrogen-bond donors (Lipinski definition) is 2. The van der Waals surface area contributed by atoms with Crippen LogP contribution < -0.4 is 10.6 Å². The summed E-state index contributed by atoms with van der Waals surface area (Å²) in [6, 6.07) is 16.0. The van der Waals surface area contributed by atoms with Gasteiger partial charge in [0.1, 0.15) is 0 Å². The Bertz CT molecular complexity index is 1050. The number of nitrogens with one attached hydrogen (secondary N) is 2. The lowest BCUT2D eigenvalue weighted by Gasteiger charge is -2.32. The van der Waals surface area contributed by atoms with E-state index in [0.717, 1.165) is 25.7 Å². The monoisotopic (exact) mass is 469 g/mol. The molecule has 2 amide bonds. The average molecular weight is 470 g/mol. The molecule has 2 aromatic carbocycles. The largest absolute Gasteiger partial charge is 0.352 e. The zero-order chi connectivity index (χ0) is 23.7. The van der Waals surface area contributed by atoms with Crippen LogP contribution in [0.15, 0.2) is 72.1 Å². The molecular formula is C25H31N3O4S. The van der Waals surface area contributed by atoms with Gasteiger partial charge < -0.3 is 10.6 Å². The summed E-state index contributed by atoms with van der Waals surface area (Å²) >= 11 is 0. The first-order chi connectivity index (χ1) is 15.9. The Morgan fingerprint density at radius 1 is 1.06 bits per heavy atom. The first kappa shape index (κ1) is 24.7. The molecule has 0 saturated carbocycles. The van der Waals surface area contributed by atoms with E-state index in [0.29, 0.717) is 25.1 Å². The molecule has 0 radical (unpaired) electrons. The maximum absolute atomic E-state index is 13.0. The number of nitrogens with zero attached hydrogens (tertiary/aromatic N) is 1. The highest BCUT2D eigenvalue weighted by Crippen LogP contribution is 2.21. The van der Waals surface area contributed by atoms with Crippen molar-refractivity contribution in [3.05, 3.63) is 78.4 Å². The number of unbranched alkanes of at least 4 members (excludes halogenated alkanes) is 1. The SMILES string of the molecule is C=CC(=O)N[C@H]1CCCN(S(=O)(=O)c2ccc(C(=O)NCCCCc3ccccc3)cc2)C1. The third-order valence-corrected chi connectivity index (χ3v) is 7.57. The lowest BCUT2D eigenvalue weighted by molar-refractivity contribution is -0.117. The number of amides is 2. The van der Waals surface area contributed by atoms with Crippen LogP contribution in [-0.2, 0) is 21.2 Å². The molecule has 1 aliphatic rings. The molecule has 0 unspecified atom stereocenters. The standard InChI is InChI=1S/C25H31N3O4S/c1-2-24(29)27-22-12-8-18-28(19-22)33(31,32)23-15-13-21(14-16-23)25(30)26-17-7-6-11-20-9-4-3-5-10-20/h2-5,9-10,13-16,22H,1,6-8,11-12,17-19H2,(H,26,30)(H,27,29)/t22-/m0/s1. The van der Waals surface area contributed by atoms with Gasteiger partial charge in [-0.1, -0.05) is 36.9 Å². The van der Waals surface area contributed by atoms with Gasteiger partial charge >= 0.3 is 0 Å². The summed E-state index contributed by atoms with van der Waals surface area (Å²) in [5.41, 5.74) is 1.70. The summed E-state index contributed by atoms with van der Waals surface area (Å²) in [6.07, 6.45) is 5.37. The van der Waals surface area contributed by atoms with Crippen molar-refractivity contribution in [2.45, 2.75) is 43.0 Å². The number of aryl methyl sites for hydroxylation is 1. The smallest absolute Gasteiger partial charge is 0.251 e. The van der Waals surface area contributed by atoms with E-state index in [4.69, 9.17) is 0 Å².